The summed E-state index contributed by atoms with van der Waals surface area (Å²) in [5.41, 5.74) is 2.63. The van der Waals surface area contributed by atoms with Gasteiger partial charge >= 0.3 is 0 Å². The molecular formula is C13H18N2O2. The van der Waals surface area contributed by atoms with Crippen LogP contribution in [0.4, 0.5) is 5.82 Å². The van der Waals surface area contributed by atoms with Gasteiger partial charge in [0.2, 0.25) is 0 Å². The maximum Gasteiger partial charge on any atom is 0.129 e. The number of fused-ring (bicyclic) bond motifs is 1. The number of anilines is 1. The number of morpholine rings is 1. The van der Waals surface area contributed by atoms with Crippen molar-refractivity contribution >= 4 is 5.82 Å². The van der Waals surface area contributed by atoms with Gasteiger partial charge in [-0.1, -0.05) is 6.07 Å². The number of hydrogen-bond donors (Lipinski definition) is 1. The molecular weight excluding hydrogens is 216 g/mol. The van der Waals surface area contributed by atoms with Crippen LogP contribution < -0.4 is 4.90 Å². The monoisotopic (exact) mass is 234 g/mol. The maximum atomic E-state index is 9.37. The highest BCUT2D eigenvalue weighted by molar-refractivity contribution is 5.44. The number of aliphatic hydroxyl groups excluding tert-OH is 1. The molecule has 1 unspecified atom stereocenters. The minimum Gasteiger partial charge on any atom is -0.394 e. The van der Waals surface area contributed by atoms with Crippen LogP contribution in [-0.4, -0.2) is 42.5 Å². The van der Waals surface area contributed by atoms with Crippen molar-refractivity contribution < 1.29 is 9.84 Å². The molecule has 2 aliphatic rings. The summed E-state index contributed by atoms with van der Waals surface area (Å²) < 4.78 is 5.39. The van der Waals surface area contributed by atoms with E-state index in [2.05, 4.69) is 17.0 Å². The summed E-state index contributed by atoms with van der Waals surface area (Å²) in [6.45, 7) is 2.25. The predicted molar refractivity (Wildman–Crippen MR) is 65.3 cm³/mol. The Morgan fingerprint density at radius 3 is 3.24 bits per heavy atom. The van der Waals surface area contributed by atoms with Gasteiger partial charge < -0.3 is 14.7 Å². The Bertz CT molecular complexity index is 408. The summed E-state index contributed by atoms with van der Waals surface area (Å²) in [5.74, 6) is 0.994. The molecule has 3 rings (SSSR count). The van der Waals surface area contributed by atoms with Crippen LogP contribution in [0.2, 0.25) is 0 Å². The van der Waals surface area contributed by atoms with Gasteiger partial charge in [0.25, 0.3) is 0 Å². The third-order valence-electron chi connectivity index (χ3n) is 3.65. The average Bonchev–Trinajstić information content (AvgIpc) is 2.85. The van der Waals surface area contributed by atoms with Crippen LogP contribution >= 0.6 is 0 Å². The zero-order valence-electron chi connectivity index (χ0n) is 9.93. The molecule has 92 valence electrons. The summed E-state index contributed by atoms with van der Waals surface area (Å²) in [6.07, 6.45) is 3.48. The minimum absolute atomic E-state index is 0.0516. The second-order valence-electron chi connectivity index (χ2n) is 4.73. The van der Waals surface area contributed by atoms with Gasteiger partial charge in [-0.15, -0.1) is 0 Å². The quantitative estimate of drug-likeness (QED) is 0.821. The molecule has 1 aliphatic heterocycles. The van der Waals surface area contributed by atoms with Gasteiger partial charge in [-0.05, 0) is 30.9 Å². The van der Waals surface area contributed by atoms with Gasteiger partial charge in [-0.25, -0.2) is 4.98 Å². The molecule has 0 amide bonds. The largest absolute Gasteiger partial charge is 0.394 e. The van der Waals surface area contributed by atoms with E-state index in [1.54, 1.807) is 0 Å². The summed E-state index contributed by atoms with van der Waals surface area (Å²) in [4.78, 5) is 6.90. The van der Waals surface area contributed by atoms with Crippen molar-refractivity contribution in [1.82, 2.24) is 4.98 Å². The van der Waals surface area contributed by atoms with E-state index in [1.165, 1.54) is 17.7 Å². The van der Waals surface area contributed by atoms with Gasteiger partial charge in [0.1, 0.15) is 5.82 Å². The van der Waals surface area contributed by atoms with Gasteiger partial charge in [0.05, 0.1) is 25.9 Å². The second-order valence-corrected chi connectivity index (χ2v) is 4.73. The number of aryl methyl sites for hydroxylation is 2. The molecule has 0 aromatic carbocycles. The molecule has 4 heteroatoms. The molecule has 0 saturated carbocycles. The minimum atomic E-state index is 0.0516. The normalized spacial score (nSPS) is 23.8. The van der Waals surface area contributed by atoms with E-state index >= 15 is 0 Å². The fourth-order valence-electron chi connectivity index (χ4n) is 2.68. The highest BCUT2D eigenvalue weighted by Gasteiger charge is 2.24. The smallest absolute Gasteiger partial charge is 0.129 e. The zero-order valence-corrected chi connectivity index (χ0v) is 9.93. The summed E-state index contributed by atoms with van der Waals surface area (Å²) in [5, 5.41) is 9.37. The van der Waals surface area contributed by atoms with Crippen LogP contribution in [-0.2, 0) is 17.6 Å². The van der Waals surface area contributed by atoms with Crippen molar-refractivity contribution in [2.24, 2.45) is 0 Å². The Hall–Kier alpha value is -1.13. The van der Waals surface area contributed by atoms with Gasteiger partial charge in [-0.2, -0.15) is 0 Å². The first-order valence-corrected chi connectivity index (χ1v) is 6.32. The van der Waals surface area contributed by atoms with E-state index in [0.717, 1.165) is 31.8 Å². The highest BCUT2D eigenvalue weighted by atomic mass is 16.5. The number of aromatic nitrogens is 1. The third-order valence-corrected chi connectivity index (χ3v) is 3.65. The molecule has 2 heterocycles. The molecule has 0 radical (unpaired) electrons. The fraction of sp³-hybridized carbons (Fsp3) is 0.615. The number of pyridine rings is 1. The SMILES string of the molecule is OCC1COCCN1c1ccc2c(n1)CCC2. The molecule has 17 heavy (non-hydrogen) atoms. The lowest BCUT2D eigenvalue weighted by atomic mass is 10.2. The lowest BCUT2D eigenvalue weighted by molar-refractivity contribution is 0.0722. The number of rotatable bonds is 2. The van der Waals surface area contributed by atoms with Gasteiger partial charge in [0, 0.05) is 12.2 Å². The first-order chi connectivity index (χ1) is 8.38. The van der Waals surface area contributed by atoms with Gasteiger partial charge in [-0.3, -0.25) is 0 Å². The van der Waals surface area contributed by atoms with Crippen LogP contribution in [0.5, 0.6) is 0 Å². The molecule has 0 spiro atoms. The molecule has 4 nitrogen and oxygen atoms in total. The van der Waals surface area contributed by atoms with Crippen molar-refractivity contribution in [2.75, 3.05) is 31.3 Å². The molecule has 1 N–H and O–H groups in total. The third kappa shape index (κ3) is 2.03. The molecule has 1 saturated heterocycles. The van der Waals surface area contributed by atoms with Gasteiger partial charge in [0.15, 0.2) is 0 Å². The Morgan fingerprint density at radius 2 is 2.35 bits per heavy atom. The van der Waals surface area contributed by atoms with E-state index in [4.69, 9.17) is 9.72 Å². The Morgan fingerprint density at radius 1 is 1.41 bits per heavy atom. The number of ether oxygens (including phenoxy) is 1. The van der Waals surface area contributed by atoms with Crippen LogP contribution in [0.1, 0.15) is 17.7 Å². The summed E-state index contributed by atoms with van der Waals surface area (Å²) in [6, 6.07) is 4.32. The number of nitrogens with zero attached hydrogens (tertiary/aromatic N) is 2. The maximum absolute atomic E-state index is 9.37. The van der Waals surface area contributed by atoms with Crippen LogP contribution in [0.25, 0.3) is 0 Å². The summed E-state index contributed by atoms with van der Waals surface area (Å²) in [7, 11) is 0. The second kappa shape index (κ2) is 4.63. The Balaban J connectivity index is 1.87. The lowest BCUT2D eigenvalue weighted by Gasteiger charge is -2.35. The van der Waals surface area contributed by atoms with E-state index in [0.29, 0.717) is 6.61 Å². The summed E-state index contributed by atoms with van der Waals surface area (Å²) >= 11 is 0. The van der Waals surface area contributed by atoms with Crippen LogP contribution in [0.15, 0.2) is 12.1 Å². The molecule has 1 aliphatic carbocycles. The predicted octanol–water partition coefficient (Wildman–Crippen LogP) is 0.768. The molecule has 1 atom stereocenters. The highest BCUT2D eigenvalue weighted by Crippen LogP contribution is 2.25. The van der Waals surface area contributed by atoms with E-state index in [1.807, 2.05) is 0 Å². The van der Waals surface area contributed by atoms with E-state index in [-0.39, 0.29) is 12.6 Å². The Kier molecular flexibility index (Phi) is 2.99. The number of hydrogen-bond acceptors (Lipinski definition) is 4. The topological polar surface area (TPSA) is 45.6 Å². The Labute approximate surface area is 101 Å². The molecule has 1 aromatic rings. The first kappa shape index (κ1) is 11.0. The standard InChI is InChI=1S/C13H18N2O2/c16-8-11-9-17-7-6-15(11)13-5-4-10-2-1-3-12(10)14-13/h4-5,11,16H,1-3,6-9H2. The van der Waals surface area contributed by atoms with Crippen molar-refractivity contribution in [2.45, 2.75) is 25.3 Å². The fourth-order valence-corrected chi connectivity index (χ4v) is 2.68. The zero-order chi connectivity index (χ0) is 11.7. The van der Waals surface area contributed by atoms with E-state index < -0.39 is 0 Å². The molecule has 1 aromatic heterocycles. The van der Waals surface area contributed by atoms with Crippen molar-refractivity contribution in [1.29, 1.82) is 0 Å². The average molecular weight is 234 g/mol. The van der Waals surface area contributed by atoms with Crippen LogP contribution in [0.3, 0.4) is 0 Å². The first-order valence-electron chi connectivity index (χ1n) is 6.32. The van der Waals surface area contributed by atoms with Crippen molar-refractivity contribution in [3.05, 3.63) is 23.4 Å². The van der Waals surface area contributed by atoms with E-state index in [9.17, 15) is 5.11 Å². The molecule has 1 fully saturated rings. The van der Waals surface area contributed by atoms with Crippen molar-refractivity contribution in [3.63, 3.8) is 0 Å². The number of aliphatic hydroxyl groups is 1. The van der Waals surface area contributed by atoms with Crippen LogP contribution in [0, 0.1) is 0 Å². The van der Waals surface area contributed by atoms with Crippen molar-refractivity contribution in [3.8, 4) is 0 Å². The molecule has 0 bridgehead atoms. The lowest BCUT2D eigenvalue weighted by Crippen LogP contribution is -2.48.